The molecule has 2 fully saturated rings. The van der Waals surface area contributed by atoms with Crippen molar-refractivity contribution in [3.05, 3.63) is 46.0 Å². The second-order valence-corrected chi connectivity index (χ2v) is 9.10. The Morgan fingerprint density at radius 1 is 1.30 bits per heavy atom. The predicted molar refractivity (Wildman–Crippen MR) is 121 cm³/mol. The second-order valence-electron chi connectivity index (χ2n) is 8.66. The van der Waals surface area contributed by atoms with Crippen LogP contribution in [0.25, 0.3) is 11.2 Å². The zero-order chi connectivity index (χ0) is 23.2. The van der Waals surface area contributed by atoms with Crippen LogP contribution < -0.4 is 10.6 Å². The number of benzene rings is 1. The Morgan fingerprint density at radius 3 is 2.79 bits per heavy atom. The number of nitrogens with two attached hydrogens (primary N) is 1. The fourth-order valence-electron chi connectivity index (χ4n) is 4.65. The van der Waals surface area contributed by atoms with Crippen molar-refractivity contribution in [2.75, 3.05) is 24.6 Å². The first-order chi connectivity index (χ1) is 15.9. The lowest BCUT2D eigenvalue weighted by Crippen LogP contribution is -2.51. The van der Waals surface area contributed by atoms with Gasteiger partial charge in [-0.1, -0.05) is 17.5 Å². The van der Waals surface area contributed by atoms with Crippen LogP contribution in [0.15, 0.2) is 18.2 Å². The third-order valence-corrected chi connectivity index (χ3v) is 6.96. The van der Waals surface area contributed by atoms with Gasteiger partial charge in [-0.2, -0.15) is 5.10 Å². The van der Waals surface area contributed by atoms with Gasteiger partial charge >= 0.3 is 0 Å². The van der Waals surface area contributed by atoms with Crippen molar-refractivity contribution < 1.29 is 13.5 Å². The van der Waals surface area contributed by atoms with Gasteiger partial charge in [0.25, 0.3) is 0 Å². The Labute approximate surface area is 194 Å². The van der Waals surface area contributed by atoms with Crippen molar-refractivity contribution in [3.63, 3.8) is 0 Å². The molecule has 1 spiro atoms. The maximum atomic E-state index is 14.0. The van der Waals surface area contributed by atoms with Crippen LogP contribution in [0.5, 0.6) is 0 Å². The van der Waals surface area contributed by atoms with E-state index in [4.69, 9.17) is 22.1 Å². The summed E-state index contributed by atoms with van der Waals surface area (Å²) in [6, 6.07) is 4.12. The van der Waals surface area contributed by atoms with Crippen molar-refractivity contribution in [1.29, 1.82) is 0 Å². The average molecular weight is 473 g/mol. The van der Waals surface area contributed by atoms with E-state index in [1.165, 1.54) is 18.2 Å². The van der Waals surface area contributed by atoms with Crippen molar-refractivity contribution in [3.8, 4) is 11.8 Å². The number of hydrogen-bond acceptors (Lipinski definition) is 6. The molecule has 3 aromatic rings. The summed E-state index contributed by atoms with van der Waals surface area (Å²) < 4.78 is 33.7. The summed E-state index contributed by atoms with van der Waals surface area (Å²) in [5.74, 6) is 5.50. The molecular weight excluding hydrogens is 450 g/mol. The summed E-state index contributed by atoms with van der Waals surface area (Å²) in [6.07, 6.45) is 1.72. The molecule has 0 bridgehead atoms. The third-order valence-electron chi connectivity index (χ3n) is 6.72. The number of nitrogens with one attached hydrogen (secondary N) is 1. The highest BCUT2D eigenvalue weighted by Crippen LogP contribution is 2.42. The van der Waals surface area contributed by atoms with Gasteiger partial charge < -0.3 is 15.4 Å². The van der Waals surface area contributed by atoms with Crippen LogP contribution in [0.2, 0.25) is 5.02 Å². The van der Waals surface area contributed by atoms with Gasteiger partial charge in [0.15, 0.2) is 17.2 Å². The molecule has 0 aliphatic carbocycles. The zero-order valence-corrected chi connectivity index (χ0v) is 18.8. The number of halogens is 3. The van der Waals surface area contributed by atoms with Crippen molar-refractivity contribution in [2.24, 2.45) is 11.1 Å². The summed E-state index contributed by atoms with van der Waals surface area (Å²) in [6.45, 7) is 3.25. The molecule has 7 nitrogen and oxygen atoms in total. The number of anilines is 1. The van der Waals surface area contributed by atoms with E-state index in [1.54, 1.807) is 0 Å². The number of hydrogen-bond donors (Lipinski definition) is 2. The van der Waals surface area contributed by atoms with E-state index >= 15 is 0 Å². The highest BCUT2D eigenvalue weighted by Gasteiger charge is 2.47. The van der Waals surface area contributed by atoms with Crippen LogP contribution in [-0.2, 0) is 11.4 Å². The van der Waals surface area contributed by atoms with Gasteiger partial charge in [0, 0.05) is 29.6 Å². The van der Waals surface area contributed by atoms with Crippen molar-refractivity contribution in [1.82, 2.24) is 20.2 Å². The monoisotopic (exact) mass is 472 g/mol. The van der Waals surface area contributed by atoms with Crippen LogP contribution in [0.1, 0.15) is 36.7 Å². The third kappa shape index (κ3) is 3.92. The fraction of sp³-hybridized carbons (Fsp3) is 0.435. The predicted octanol–water partition coefficient (Wildman–Crippen LogP) is 3.35. The molecule has 0 saturated carbocycles. The molecule has 2 saturated heterocycles. The van der Waals surface area contributed by atoms with Crippen molar-refractivity contribution in [2.45, 2.75) is 38.6 Å². The maximum absolute atomic E-state index is 14.0. The van der Waals surface area contributed by atoms with Crippen LogP contribution in [-0.4, -0.2) is 52.0 Å². The summed E-state index contributed by atoms with van der Waals surface area (Å²) in [5.41, 5.74) is 7.72. The summed E-state index contributed by atoms with van der Waals surface area (Å²) in [5, 5.41) is 7.33. The zero-order valence-electron chi connectivity index (χ0n) is 18.0. The number of nitrogens with zero attached hydrogens (tertiary/aromatic N) is 4. The van der Waals surface area contributed by atoms with Gasteiger partial charge in [-0.05, 0) is 43.9 Å². The Bertz CT molecular complexity index is 1260. The Balaban J connectivity index is 1.42. The molecule has 2 aromatic heterocycles. The molecule has 3 N–H and O–H groups in total. The summed E-state index contributed by atoms with van der Waals surface area (Å²) >= 11 is 5.92. The Morgan fingerprint density at radius 2 is 2.09 bits per heavy atom. The minimum Gasteiger partial charge on any atom is -0.376 e. The van der Waals surface area contributed by atoms with Gasteiger partial charge in [-0.15, -0.1) is 0 Å². The molecule has 0 radical (unpaired) electrons. The van der Waals surface area contributed by atoms with Crippen LogP contribution in [0.4, 0.5) is 14.6 Å². The highest BCUT2D eigenvalue weighted by atomic mass is 35.5. The number of fused-ring (bicyclic) bond motifs is 1. The molecule has 5 rings (SSSR count). The molecule has 1 aromatic carbocycles. The highest BCUT2D eigenvalue weighted by molar-refractivity contribution is 6.30. The van der Waals surface area contributed by atoms with E-state index in [2.05, 4.69) is 32.0 Å². The number of alkyl halides is 1. The summed E-state index contributed by atoms with van der Waals surface area (Å²) in [4.78, 5) is 11.1. The Kier molecular flexibility index (Phi) is 5.69. The molecular formula is C23H23ClF2N6O. The summed E-state index contributed by atoms with van der Waals surface area (Å²) in [7, 11) is 0. The second kappa shape index (κ2) is 8.52. The molecule has 2 aliphatic rings. The molecule has 2 aliphatic heterocycles. The standard InChI is InChI=1S/C23H23ClF2N6O/c1-13-20(27)23(12-33-13)6-8-32(9-7-23)22-18(11-25)28-19-17(30-31-21(19)29-22)5-2-14-10-15(24)3-4-16(14)26/h3-4,10,13,20H,6-9,11-12,27H2,1H3,(H,29,30,31)/t13-,20+/m0/s1. The van der Waals surface area contributed by atoms with E-state index < -0.39 is 12.5 Å². The van der Waals surface area contributed by atoms with Crippen LogP contribution in [0.3, 0.4) is 0 Å². The van der Waals surface area contributed by atoms with Gasteiger partial charge in [0.05, 0.1) is 18.3 Å². The van der Waals surface area contributed by atoms with E-state index in [-0.39, 0.29) is 34.5 Å². The molecule has 0 unspecified atom stereocenters. The number of aromatic amines is 1. The van der Waals surface area contributed by atoms with E-state index in [0.29, 0.717) is 41.7 Å². The molecule has 33 heavy (non-hydrogen) atoms. The SMILES string of the molecule is C[C@@H]1OCC2(CCN(c3nc4[nH]nc(C#Cc5cc(Cl)ccc5F)c4nc3CF)CC2)[C@@H]1N. The number of rotatable bonds is 2. The number of H-pyrrole nitrogens is 1. The molecule has 4 heterocycles. The topological polar surface area (TPSA) is 93.0 Å². The van der Waals surface area contributed by atoms with Gasteiger partial charge in [0.1, 0.15) is 23.7 Å². The first kappa shape index (κ1) is 22.0. The molecule has 10 heteroatoms. The maximum Gasteiger partial charge on any atom is 0.177 e. The molecule has 172 valence electrons. The van der Waals surface area contributed by atoms with Crippen molar-refractivity contribution >= 4 is 28.6 Å². The first-order valence-electron chi connectivity index (χ1n) is 10.8. The van der Waals surface area contributed by atoms with Gasteiger partial charge in [-0.3, -0.25) is 5.10 Å². The minimum absolute atomic E-state index is 0.00747. The van der Waals surface area contributed by atoms with E-state index in [9.17, 15) is 8.78 Å². The van der Waals surface area contributed by atoms with E-state index in [0.717, 1.165) is 12.8 Å². The first-order valence-corrected chi connectivity index (χ1v) is 11.2. The quantitative estimate of drug-likeness (QED) is 0.556. The number of ether oxygens (including phenoxy) is 1. The number of piperidine rings is 1. The molecule has 0 amide bonds. The number of aromatic nitrogens is 4. The van der Waals surface area contributed by atoms with Gasteiger partial charge in [-0.25, -0.2) is 18.7 Å². The lowest BCUT2D eigenvalue weighted by molar-refractivity contribution is 0.0974. The van der Waals surface area contributed by atoms with Gasteiger partial charge in [0.2, 0.25) is 0 Å². The lowest BCUT2D eigenvalue weighted by atomic mass is 9.73. The van der Waals surface area contributed by atoms with Crippen LogP contribution in [0, 0.1) is 23.1 Å². The van der Waals surface area contributed by atoms with E-state index in [1.807, 2.05) is 11.8 Å². The smallest absolute Gasteiger partial charge is 0.177 e. The average Bonchev–Trinajstić information content (AvgIpc) is 3.35. The largest absolute Gasteiger partial charge is 0.376 e. The fourth-order valence-corrected chi connectivity index (χ4v) is 4.82. The normalized spacial score (nSPS) is 22.0. The lowest BCUT2D eigenvalue weighted by Gasteiger charge is -2.41. The Hall–Kier alpha value is -2.80. The molecule has 2 atom stereocenters. The minimum atomic E-state index is -0.777. The van der Waals surface area contributed by atoms with Crippen LogP contribution >= 0.6 is 11.6 Å².